The number of hydrogen-bond donors (Lipinski definition) is 1. The zero-order valence-electron chi connectivity index (χ0n) is 15.3. The first-order chi connectivity index (χ1) is 12.9. The van der Waals surface area contributed by atoms with Crippen molar-refractivity contribution in [2.75, 3.05) is 18.9 Å². The van der Waals surface area contributed by atoms with Crippen molar-refractivity contribution >= 4 is 27.0 Å². The van der Waals surface area contributed by atoms with Crippen LogP contribution < -0.4 is 14.2 Å². The van der Waals surface area contributed by atoms with E-state index in [1.54, 1.807) is 31.2 Å². The molecule has 0 saturated carbocycles. The summed E-state index contributed by atoms with van der Waals surface area (Å²) in [5.41, 5.74) is 0.368. The third-order valence-electron chi connectivity index (χ3n) is 3.79. The van der Waals surface area contributed by atoms with Crippen molar-refractivity contribution in [3.05, 3.63) is 35.0 Å². The van der Waals surface area contributed by atoms with Gasteiger partial charge in [-0.25, -0.2) is 8.42 Å². The summed E-state index contributed by atoms with van der Waals surface area (Å²) in [7, 11) is -0.796. The minimum atomic E-state index is -3.80. The van der Waals surface area contributed by atoms with Gasteiger partial charge < -0.3 is 14.0 Å². The quantitative estimate of drug-likeness (QED) is 0.637. The number of anilines is 1. The first-order valence-electron chi connectivity index (χ1n) is 8.06. The van der Waals surface area contributed by atoms with E-state index in [1.807, 2.05) is 6.92 Å². The molecule has 0 radical (unpaired) electrons. The van der Waals surface area contributed by atoms with Gasteiger partial charge in [-0.15, -0.1) is 11.3 Å². The minimum Gasteiger partial charge on any atom is -0.493 e. The molecule has 0 unspecified atom stereocenters. The van der Waals surface area contributed by atoms with Crippen molar-refractivity contribution < 1.29 is 22.4 Å². The minimum absolute atomic E-state index is 0.167. The van der Waals surface area contributed by atoms with E-state index >= 15 is 0 Å². The number of hydrogen-bond acceptors (Lipinski definition) is 8. The van der Waals surface area contributed by atoms with Gasteiger partial charge in [0.1, 0.15) is 4.90 Å². The SMILES string of the molecule is CCc1nc(-c2cc(S(=O)(=O)Nc3ccc(OC)c(OC)c3)c(C)s2)no1. The second-order valence-electron chi connectivity index (χ2n) is 5.57. The van der Waals surface area contributed by atoms with E-state index in [1.165, 1.54) is 25.6 Å². The number of nitrogens with one attached hydrogen (secondary N) is 1. The van der Waals surface area contributed by atoms with E-state index in [-0.39, 0.29) is 4.90 Å². The first-order valence-corrected chi connectivity index (χ1v) is 10.4. The number of nitrogens with zero attached hydrogens (tertiary/aromatic N) is 2. The van der Waals surface area contributed by atoms with Gasteiger partial charge in [-0.3, -0.25) is 4.72 Å². The van der Waals surface area contributed by atoms with Crippen LogP contribution in [0.3, 0.4) is 0 Å². The summed E-state index contributed by atoms with van der Waals surface area (Å²) in [6, 6.07) is 6.35. The summed E-state index contributed by atoms with van der Waals surface area (Å²) in [4.78, 5) is 5.67. The number of rotatable bonds is 7. The maximum atomic E-state index is 12.8. The number of benzene rings is 1. The maximum Gasteiger partial charge on any atom is 0.263 e. The van der Waals surface area contributed by atoms with Gasteiger partial charge in [0.05, 0.1) is 24.8 Å². The molecule has 1 aromatic carbocycles. The fourth-order valence-corrected chi connectivity index (χ4v) is 5.02. The van der Waals surface area contributed by atoms with Gasteiger partial charge in [-0.1, -0.05) is 12.1 Å². The molecular formula is C17H19N3O5S2. The Morgan fingerprint density at radius 3 is 2.56 bits per heavy atom. The van der Waals surface area contributed by atoms with Crippen molar-refractivity contribution in [1.29, 1.82) is 0 Å². The molecule has 2 aromatic heterocycles. The topological polar surface area (TPSA) is 104 Å². The van der Waals surface area contributed by atoms with Crippen LogP contribution in [0, 0.1) is 6.92 Å². The Labute approximate surface area is 161 Å². The summed E-state index contributed by atoms with van der Waals surface area (Å²) < 4.78 is 43.7. The lowest BCUT2D eigenvalue weighted by Gasteiger charge is -2.11. The molecule has 0 amide bonds. The van der Waals surface area contributed by atoms with E-state index in [0.717, 1.165) is 0 Å². The molecule has 10 heteroatoms. The monoisotopic (exact) mass is 409 g/mol. The number of ether oxygens (including phenoxy) is 2. The molecule has 0 spiro atoms. The van der Waals surface area contributed by atoms with Crippen LogP contribution >= 0.6 is 11.3 Å². The highest BCUT2D eigenvalue weighted by Crippen LogP contribution is 2.34. The summed E-state index contributed by atoms with van der Waals surface area (Å²) in [5, 5.41) is 3.90. The third kappa shape index (κ3) is 3.91. The van der Waals surface area contributed by atoms with Crippen LogP contribution in [0.5, 0.6) is 11.5 Å². The van der Waals surface area contributed by atoms with Crippen molar-refractivity contribution in [2.45, 2.75) is 25.2 Å². The molecule has 0 aliphatic heterocycles. The number of aryl methyl sites for hydroxylation is 2. The fourth-order valence-electron chi connectivity index (χ4n) is 2.45. The molecule has 1 N–H and O–H groups in total. The van der Waals surface area contributed by atoms with Crippen molar-refractivity contribution in [3.8, 4) is 22.2 Å². The Morgan fingerprint density at radius 1 is 1.19 bits per heavy atom. The van der Waals surface area contributed by atoms with E-state index < -0.39 is 10.0 Å². The number of aromatic nitrogens is 2. The molecule has 8 nitrogen and oxygen atoms in total. The molecular weight excluding hydrogens is 390 g/mol. The molecule has 3 aromatic rings. The molecule has 0 atom stereocenters. The Bertz CT molecular complexity index is 1060. The average molecular weight is 409 g/mol. The van der Waals surface area contributed by atoms with Crippen LogP contribution in [0.25, 0.3) is 10.7 Å². The van der Waals surface area contributed by atoms with Gasteiger partial charge >= 0.3 is 0 Å². The molecule has 0 fully saturated rings. The van der Waals surface area contributed by atoms with E-state index in [9.17, 15) is 8.42 Å². The van der Waals surface area contributed by atoms with Gasteiger partial charge in [0.25, 0.3) is 10.0 Å². The van der Waals surface area contributed by atoms with Crippen LogP contribution in [0.2, 0.25) is 0 Å². The second kappa shape index (κ2) is 7.57. The van der Waals surface area contributed by atoms with Crippen LogP contribution in [0.15, 0.2) is 33.7 Å². The smallest absolute Gasteiger partial charge is 0.263 e. The molecule has 3 rings (SSSR count). The van der Waals surface area contributed by atoms with Crippen LogP contribution in [-0.4, -0.2) is 32.8 Å². The van der Waals surface area contributed by atoms with Crippen LogP contribution in [0.1, 0.15) is 17.7 Å². The summed E-state index contributed by atoms with van der Waals surface area (Å²) in [6.07, 6.45) is 0.614. The standard InChI is InChI=1S/C17H19N3O5S2/c1-5-16-18-17(19-25-16)14-9-15(10(2)26-14)27(21,22)20-11-6-7-12(23-3)13(8-11)24-4/h6-9,20H,5H2,1-4H3. The molecule has 0 aliphatic rings. The Kier molecular flexibility index (Phi) is 5.38. The molecule has 27 heavy (non-hydrogen) atoms. The van der Waals surface area contributed by atoms with Crippen molar-refractivity contribution in [3.63, 3.8) is 0 Å². The summed E-state index contributed by atoms with van der Waals surface area (Å²) in [6.45, 7) is 3.64. The molecule has 2 heterocycles. The van der Waals surface area contributed by atoms with Crippen LogP contribution in [0.4, 0.5) is 5.69 Å². The second-order valence-corrected chi connectivity index (χ2v) is 8.48. The summed E-state index contributed by atoms with van der Waals surface area (Å²) in [5.74, 6) is 1.83. The Morgan fingerprint density at radius 2 is 1.93 bits per heavy atom. The predicted octanol–water partition coefficient (Wildman–Crippen LogP) is 3.49. The van der Waals surface area contributed by atoms with E-state index in [0.29, 0.717) is 45.1 Å². The van der Waals surface area contributed by atoms with E-state index in [4.69, 9.17) is 14.0 Å². The van der Waals surface area contributed by atoms with Gasteiger partial charge in [0.2, 0.25) is 11.7 Å². The van der Waals surface area contributed by atoms with Crippen molar-refractivity contribution in [1.82, 2.24) is 10.1 Å². The summed E-state index contributed by atoms with van der Waals surface area (Å²) >= 11 is 1.29. The molecule has 0 aliphatic carbocycles. The van der Waals surface area contributed by atoms with Crippen LogP contribution in [-0.2, 0) is 16.4 Å². The lowest BCUT2D eigenvalue weighted by Crippen LogP contribution is -2.13. The average Bonchev–Trinajstić information content (AvgIpc) is 3.27. The largest absolute Gasteiger partial charge is 0.493 e. The van der Waals surface area contributed by atoms with Gasteiger partial charge in [-0.2, -0.15) is 4.98 Å². The number of sulfonamides is 1. The predicted molar refractivity (Wildman–Crippen MR) is 102 cm³/mol. The van der Waals surface area contributed by atoms with Gasteiger partial charge in [0.15, 0.2) is 11.5 Å². The number of methoxy groups -OCH3 is 2. The zero-order chi connectivity index (χ0) is 19.6. The van der Waals surface area contributed by atoms with Gasteiger partial charge in [-0.05, 0) is 25.1 Å². The lowest BCUT2D eigenvalue weighted by molar-refractivity contribution is 0.355. The highest BCUT2D eigenvalue weighted by molar-refractivity contribution is 7.93. The third-order valence-corrected chi connectivity index (χ3v) is 6.47. The molecule has 144 valence electrons. The maximum absolute atomic E-state index is 12.8. The zero-order valence-corrected chi connectivity index (χ0v) is 16.9. The normalized spacial score (nSPS) is 11.4. The lowest BCUT2D eigenvalue weighted by atomic mass is 10.3. The number of thiophene rings is 1. The van der Waals surface area contributed by atoms with Gasteiger partial charge in [0, 0.05) is 17.4 Å². The van der Waals surface area contributed by atoms with E-state index in [2.05, 4.69) is 14.9 Å². The highest BCUT2D eigenvalue weighted by Gasteiger charge is 2.23. The highest BCUT2D eigenvalue weighted by atomic mass is 32.2. The molecule has 0 saturated heterocycles. The Hall–Kier alpha value is -2.59. The molecule has 0 bridgehead atoms. The first kappa shape index (κ1) is 19.2. The van der Waals surface area contributed by atoms with Crippen molar-refractivity contribution in [2.24, 2.45) is 0 Å². The Balaban J connectivity index is 1.91. The fraction of sp³-hybridized carbons (Fsp3) is 0.294.